The zero-order chi connectivity index (χ0) is 31.9. The lowest BCUT2D eigenvalue weighted by atomic mass is 9.95. The standard InChI is InChI=1S/C32H46N4O7S/c1-5-22(4)30(35-31(38)25-12-9-15-33-25)32(39)34-26(16-23-10-7-6-8-11-23)27(37)19-36(18-21(2)3)44(40,41)24-13-14-28-29(17-24)43-20-42-28/h6-8,10-11,13-14,17,21-22,25-27,30,33,37H,5,9,12,15-16,18-20H2,1-4H3,(H,34,39)(H,35,38)/t22?,25-,26?,27+,30-/m0/s1. The molecular formula is C32H46N4O7S. The molecule has 0 radical (unpaired) electrons. The molecular weight excluding hydrogens is 584 g/mol. The van der Waals surface area contributed by atoms with Crippen LogP contribution in [0.15, 0.2) is 53.4 Å². The summed E-state index contributed by atoms with van der Waals surface area (Å²) in [5, 5.41) is 20.7. The lowest BCUT2D eigenvalue weighted by Crippen LogP contribution is -2.58. The summed E-state index contributed by atoms with van der Waals surface area (Å²) in [5.41, 5.74) is 0.866. The van der Waals surface area contributed by atoms with Crippen molar-refractivity contribution < 1.29 is 32.6 Å². The van der Waals surface area contributed by atoms with E-state index in [2.05, 4.69) is 16.0 Å². The fourth-order valence-electron chi connectivity index (χ4n) is 5.49. The average Bonchev–Trinajstić information content (AvgIpc) is 3.71. The maximum atomic E-state index is 13.9. The van der Waals surface area contributed by atoms with Crippen LogP contribution in [-0.2, 0) is 26.0 Å². The zero-order valence-corrected chi connectivity index (χ0v) is 26.8. The number of fused-ring (bicyclic) bond motifs is 1. The van der Waals surface area contributed by atoms with E-state index in [1.165, 1.54) is 16.4 Å². The molecule has 1 fully saturated rings. The first kappa shape index (κ1) is 33.7. The summed E-state index contributed by atoms with van der Waals surface area (Å²) in [5.74, 6) is -0.0326. The second-order valence-electron chi connectivity index (χ2n) is 12.1. The Labute approximate surface area is 260 Å². The molecule has 0 aliphatic carbocycles. The van der Waals surface area contributed by atoms with E-state index >= 15 is 0 Å². The summed E-state index contributed by atoms with van der Waals surface area (Å²) in [7, 11) is -4.05. The van der Waals surface area contributed by atoms with E-state index in [-0.39, 0.29) is 55.0 Å². The van der Waals surface area contributed by atoms with Gasteiger partial charge in [0.25, 0.3) is 0 Å². The second-order valence-corrected chi connectivity index (χ2v) is 14.1. The molecule has 2 aliphatic rings. The highest BCUT2D eigenvalue weighted by atomic mass is 32.2. The summed E-state index contributed by atoms with van der Waals surface area (Å²) in [6.45, 7) is 8.32. The molecule has 4 N–H and O–H groups in total. The molecule has 2 aromatic rings. The number of carbonyl (C=O) groups is 2. The molecule has 0 bridgehead atoms. The average molecular weight is 631 g/mol. The van der Waals surface area contributed by atoms with Crippen molar-refractivity contribution in [3.8, 4) is 11.5 Å². The Hall–Kier alpha value is -3.19. The molecule has 0 spiro atoms. The fraction of sp³-hybridized carbons (Fsp3) is 0.562. The van der Waals surface area contributed by atoms with E-state index in [0.717, 1.165) is 18.5 Å². The third kappa shape index (κ3) is 8.50. The van der Waals surface area contributed by atoms with Crippen molar-refractivity contribution in [1.82, 2.24) is 20.3 Å². The molecule has 5 atom stereocenters. The molecule has 2 heterocycles. The third-order valence-corrected chi connectivity index (χ3v) is 10.0. The quantitative estimate of drug-likeness (QED) is 0.235. The van der Waals surface area contributed by atoms with Crippen LogP contribution in [0.3, 0.4) is 0 Å². The van der Waals surface area contributed by atoms with Crippen LogP contribution in [0.4, 0.5) is 0 Å². The number of hydrogen-bond acceptors (Lipinski definition) is 8. The van der Waals surface area contributed by atoms with Gasteiger partial charge in [-0.05, 0) is 55.3 Å². The van der Waals surface area contributed by atoms with Crippen LogP contribution in [-0.4, -0.2) is 80.3 Å². The topological polar surface area (TPSA) is 146 Å². The maximum Gasteiger partial charge on any atom is 0.243 e. The number of nitrogens with one attached hydrogen (secondary N) is 3. The van der Waals surface area contributed by atoms with Crippen LogP contribution < -0.4 is 25.4 Å². The van der Waals surface area contributed by atoms with Crippen molar-refractivity contribution in [3.05, 3.63) is 54.1 Å². The van der Waals surface area contributed by atoms with Crippen molar-refractivity contribution >= 4 is 21.8 Å². The minimum atomic E-state index is -4.05. The second kappa shape index (κ2) is 15.2. The number of carbonyl (C=O) groups excluding carboxylic acids is 2. The Balaban J connectivity index is 1.58. The summed E-state index contributed by atoms with van der Waals surface area (Å²) in [6.07, 6.45) is 1.26. The molecule has 12 heteroatoms. The third-order valence-electron chi connectivity index (χ3n) is 8.20. The van der Waals surface area contributed by atoms with E-state index < -0.39 is 34.1 Å². The molecule has 1 saturated heterocycles. The van der Waals surface area contributed by atoms with E-state index in [1.54, 1.807) is 6.07 Å². The van der Waals surface area contributed by atoms with Gasteiger partial charge in [-0.3, -0.25) is 9.59 Å². The van der Waals surface area contributed by atoms with Crippen LogP contribution >= 0.6 is 0 Å². The molecule has 2 aromatic carbocycles. The van der Waals surface area contributed by atoms with Crippen molar-refractivity contribution in [3.63, 3.8) is 0 Å². The zero-order valence-electron chi connectivity index (χ0n) is 26.0. The number of aliphatic hydroxyl groups excluding tert-OH is 1. The van der Waals surface area contributed by atoms with Gasteiger partial charge in [-0.1, -0.05) is 64.4 Å². The van der Waals surface area contributed by atoms with Gasteiger partial charge in [0.2, 0.25) is 28.6 Å². The normalized spacial score (nSPS) is 19.0. The highest BCUT2D eigenvalue weighted by Crippen LogP contribution is 2.35. The van der Waals surface area contributed by atoms with Gasteiger partial charge in [-0.15, -0.1) is 0 Å². The van der Waals surface area contributed by atoms with Gasteiger partial charge in [-0.2, -0.15) is 4.31 Å². The smallest absolute Gasteiger partial charge is 0.243 e. The SMILES string of the molecule is CCC(C)[C@H](NC(=O)[C@@H]1CCCN1)C(=O)NC(Cc1ccccc1)[C@H](O)CN(CC(C)C)S(=O)(=O)c1ccc2c(c1)OCO2. The summed E-state index contributed by atoms with van der Waals surface area (Å²) in [4.78, 5) is 26.8. The molecule has 4 rings (SSSR count). The molecule has 44 heavy (non-hydrogen) atoms. The van der Waals surface area contributed by atoms with Crippen molar-refractivity contribution in [2.75, 3.05) is 26.4 Å². The molecule has 2 unspecified atom stereocenters. The van der Waals surface area contributed by atoms with E-state index in [1.807, 2.05) is 58.0 Å². The van der Waals surface area contributed by atoms with Gasteiger partial charge in [0.15, 0.2) is 11.5 Å². The van der Waals surface area contributed by atoms with Crippen LogP contribution in [0.1, 0.15) is 52.5 Å². The van der Waals surface area contributed by atoms with Crippen LogP contribution in [0.25, 0.3) is 0 Å². The molecule has 2 amide bonds. The predicted octanol–water partition coefficient (Wildman–Crippen LogP) is 2.43. The molecule has 2 aliphatic heterocycles. The monoisotopic (exact) mass is 630 g/mol. The van der Waals surface area contributed by atoms with E-state index in [9.17, 15) is 23.1 Å². The lowest BCUT2D eigenvalue weighted by molar-refractivity contribution is -0.132. The number of sulfonamides is 1. The van der Waals surface area contributed by atoms with Crippen molar-refractivity contribution in [1.29, 1.82) is 0 Å². The number of hydrogen-bond donors (Lipinski definition) is 4. The van der Waals surface area contributed by atoms with Crippen molar-refractivity contribution in [2.24, 2.45) is 11.8 Å². The number of benzene rings is 2. The number of ether oxygens (including phenoxy) is 2. The highest BCUT2D eigenvalue weighted by molar-refractivity contribution is 7.89. The minimum Gasteiger partial charge on any atom is -0.454 e. The van der Waals surface area contributed by atoms with E-state index in [0.29, 0.717) is 24.3 Å². The first-order valence-electron chi connectivity index (χ1n) is 15.5. The Morgan fingerprint density at radius 1 is 1.05 bits per heavy atom. The van der Waals surface area contributed by atoms with Gasteiger partial charge in [0, 0.05) is 19.2 Å². The van der Waals surface area contributed by atoms with Gasteiger partial charge < -0.3 is 30.5 Å². The van der Waals surface area contributed by atoms with Gasteiger partial charge >= 0.3 is 0 Å². The van der Waals surface area contributed by atoms with E-state index in [4.69, 9.17) is 9.47 Å². The first-order valence-corrected chi connectivity index (χ1v) is 16.9. The number of aliphatic hydroxyl groups is 1. The first-order chi connectivity index (χ1) is 21.0. The van der Waals surface area contributed by atoms with Gasteiger partial charge in [-0.25, -0.2) is 8.42 Å². The Bertz CT molecular complexity index is 1370. The number of nitrogens with zero attached hydrogens (tertiary/aromatic N) is 1. The predicted molar refractivity (Wildman–Crippen MR) is 167 cm³/mol. The fourth-order valence-corrected chi connectivity index (χ4v) is 7.13. The number of amides is 2. The lowest BCUT2D eigenvalue weighted by Gasteiger charge is -2.32. The number of rotatable bonds is 15. The minimum absolute atomic E-state index is 0.0172. The Morgan fingerprint density at radius 3 is 2.43 bits per heavy atom. The molecule has 0 aromatic heterocycles. The maximum absolute atomic E-state index is 13.9. The van der Waals surface area contributed by atoms with Gasteiger partial charge in [0.1, 0.15) is 6.04 Å². The van der Waals surface area contributed by atoms with Crippen LogP contribution in [0, 0.1) is 11.8 Å². The Kier molecular flexibility index (Phi) is 11.6. The van der Waals surface area contributed by atoms with Crippen molar-refractivity contribution in [2.45, 2.75) is 82.5 Å². The molecule has 0 saturated carbocycles. The van der Waals surface area contributed by atoms with Crippen LogP contribution in [0.5, 0.6) is 11.5 Å². The Morgan fingerprint density at radius 2 is 1.77 bits per heavy atom. The summed E-state index contributed by atoms with van der Waals surface area (Å²) >= 11 is 0. The molecule has 11 nitrogen and oxygen atoms in total. The largest absolute Gasteiger partial charge is 0.454 e. The van der Waals surface area contributed by atoms with Gasteiger partial charge in [0.05, 0.1) is 23.1 Å². The summed E-state index contributed by atoms with van der Waals surface area (Å²) < 4.78 is 39.7. The van der Waals surface area contributed by atoms with Crippen LogP contribution in [0.2, 0.25) is 0 Å². The molecule has 242 valence electrons. The highest BCUT2D eigenvalue weighted by Gasteiger charge is 2.35. The summed E-state index contributed by atoms with van der Waals surface area (Å²) in [6, 6.07) is 11.9.